The molecule has 2 N–H and O–H groups in total. The third-order valence-corrected chi connectivity index (χ3v) is 1.35. The first-order chi connectivity index (χ1) is 6.65. The molecule has 70 valence electrons. The quantitative estimate of drug-likeness (QED) is 0.549. The second-order valence-electron chi connectivity index (χ2n) is 1.84. The predicted octanol–water partition coefficient (Wildman–Crippen LogP) is -0.0576. The van der Waals surface area contributed by atoms with Crippen LogP contribution in [0.1, 0.15) is 0 Å². The highest BCUT2D eigenvalue weighted by Gasteiger charge is 2.07. The summed E-state index contributed by atoms with van der Waals surface area (Å²) in [5.41, 5.74) is 1.89. The lowest BCUT2D eigenvalue weighted by Gasteiger charge is -2.00. The summed E-state index contributed by atoms with van der Waals surface area (Å²) >= 11 is 9.15. The Hall–Kier alpha value is -1.08. The van der Waals surface area contributed by atoms with E-state index in [2.05, 4.69) is 32.3 Å². The van der Waals surface area contributed by atoms with Gasteiger partial charge in [0.25, 0.3) is 0 Å². The van der Waals surface area contributed by atoms with Gasteiger partial charge in [-0.15, -0.1) is 0 Å². The van der Waals surface area contributed by atoms with E-state index in [1.54, 1.807) is 0 Å². The number of hydrogen-bond donors (Lipinski definition) is 2. The summed E-state index contributed by atoms with van der Waals surface area (Å²) in [6.07, 6.45) is 0. The average molecular weight is 222 g/mol. The molecule has 1 heterocycles. The molecular weight excluding hydrogens is 216 g/mol. The van der Waals surface area contributed by atoms with Gasteiger partial charge in [-0.1, -0.05) is 0 Å². The first kappa shape index (κ1) is 8.52. The Morgan fingerprint density at radius 1 is 1.69 bits per heavy atom. The van der Waals surface area contributed by atoms with Crippen molar-refractivity contribution >= 4 is 36.1 Å². The Kier molecular flexibility index (Phi) is 2.78. The molecule has 0 saturated carbocycles. The van der Waals surface area contributed by atoms with Gasteiger partial charge in [-0.2, -0.15) is 27.6 Å². The fourth-order valence-corrected chi connectivity index (χ4v) is 0.729. The molecule has 0 radical (unpaired) electrons. The molecule has 0 aliphatic rings. The second kappa shape index (κ2) is 4.24. The zero-order valence-corrected chi connectivity index (χ0v) is 7.84. The van der Waals surface area contributed by atoms with Crippen LogP contribution in [0.4, 0.5) is 5.95 Å². The topological polar surface area (TPSA) is 91.0 Å². The van der Waals surface area contributed by atoms with E-state index in [0.29, 0.717) is 0 Å². The number of esters is 1. The van der Waals surface area contributed by atoms with E-state index >= 15 is 0 Å². The number of nitrogen functional groups attached to an aromatic ring is 1. The SMILES string of the molecule is [2H]Nc1nc(Cl)nc(OC(=O)CS)n1. The lowest BCUT2D eigenvalue weighted by atomic mass is 10.8. The summed E-state index contributed by atoms with van der Waals surface area (Å²) in [6.45, 7) is 0. The minimum absolute atomic E-state index is 0.104. The summed E-state index contributed by atoms with van der Waals surface area (Å²) in [4.78, 5) is 21.4. The van der Waals surface area contributed by atoms with Crippen LogP contribution in [-0.2, 0) is 4.79 Å². The fourth-order valence-electron chi connectivity index (χ4n) is 0.512. The molecule has 1 aromatic heterocycles. The molecule has 0 bridgehead atoms. The van der Waals surface area contributed by atoms with Crippen LogP contribution in [0, 0.1) is 0 Å². The smallest absolute Gasteiger partial charge is 0.330 e. The Morgan fingerprint density at radius 3 is 3.08 bits per heavy atom. The summed E-state index contributed by atoms with van der Waals surface area (Å²) in [5, 5.41) is -0.170. The van der Waals surface area contributed by atoms with E-state index in [1.807, 2.05) is 5.73 Å². The molecule has 0 aromatic carbocycles. The highest BCUT2D eigenvalue weighted by atomic mass is 35.5. The molecule has 8 heteroatoms. The van der Waals surface area contributed by atoms with E-state index in [-0.39, 0.29) is 23.0 Å². The van der Waals surface area contributed by atoms with Crippen LogP contribution in [0.2, 0.25) is 6.70 Å². The van der Waals surface area contributed by atoms with Gasteiger partial charge in [0.05, 0.1) is 5.75 Å². The number of anilines is 1. The van der Waals surface area contributed by atoms with Crippen molar-refractivity contribution in [3.05, 3.63) is 5.28 Å². The van der Waals surface area contributed by atoms with E-state index in [9.17, 15) is 4.79 Å². The summed E-state index contributed by atoms with van der Waals surface area (Å²) in [7, 11) is 0. The molecule has 6 nitrogen and oxygen atoms in total. The number of rotatable bonds is 3. The number of nitrogens with two attached hydrogens (primary N) is 1. The lowest BCUT2D eigenvalue weighted by Crippen LogP contribution is -2.12. The van der Waals surface area contributed by atoms with Crippen molar-refractivity contribution in [1.29, 1.82) is 0 Å². The van der Waals surface area contributed by atoms with Crippen molar-refractivity contribution in [3.63, 3.8) is 0 Å². The molecule has 0 unspecified atom stereocenters. The first-order valence-corrected chi connectivity index (χ1v) is 4.07. The highest BCUT2D eigenvalue weighted by molar-refractivity contribution is 7.81. The van der Waals surface area contributed by atoms with Crippen molar-refractivity contribution in [3.8, 4) is 6.01 Å². The molecule has 0 amide bonds. The van der Waals surface area contributed by atoms with Crippen molar-refractivity contribution < 1.29 is 10.9 Å². The number of ether oxygens (including phenoxy) is 1. The Balaban J connectivity index is 2.86. The van der Waals surface area contributed by atoms with Gasteiger partial charge >= 0.3 is 12.0 Å². The maximum Gasteiger partial charge on any atom is 0.330 e. The number of halogens is 1. The lowest BCUT2D eigenvalue weighted by molar-refractivity contribution is -0.131. The van der Waals surface area contributed by atoms with Crippen molar-refractivity contribution in [2.24, 2.45) is 0 Å². The third kappa shape index (κ3) is 3.03. The number of thiol groups is 1. The van der Waals surface area contributed by atoms with Gasteiger partial charge in [0, 0.05) is 0 Å². The largest absolute Gasteiger partial charge is 0.390 e. The Labute approximate surface area is 85.4 Å². The molecule has 1 aromatic rings. The van der Waals surface area contributed by atoms with Crippen LogP contribution < -0.4 is 10.5 Å². The van der Waals surface area contributed by atoms with Gasteiger partial charge in [0.2, 0.25) is 11.2 Å². The number of carbonyl (C=O) groups excluding carboxylic acids is 1. The highest BCUT2D eigenvalue weighted by Crippen LogP contribution is 2.08. The zero-order valence-electron chi connectivity index (χ0n) is 7.19. The summed E-state index contributed by atoms with van der Waals surface area (Å²) < 4.78 is 11.3. The molecule has 13 heavy (non-hydrogen) atoms. The zero-order chi connectivity index (χ0) is 10.6. The molecule has 1 rings (SSSR count). The van der Waals surface area contributed by atoms with Crippen LogP contribution in [0.3, 0.4) is 0 Å². The van der Waals surface area contributed by atoms with Crippen LogP contribution in [0.5, 0.6) is 6.01 Å². The maximum atomic E-state index is 10.8. The minimum atomic E-state index is -0.619. The molecular formula is C5H5ClN4O2S. The van der Waals surface area contributed by atoms with Gasteiger partial charge in [0.15, 0.2) is 1.41 Å². The third-order valence-electron chi connectivity index (χ3n) is 0.922. The van der Waals surface area contributed by atoms with Gasteiger partial charge < -0.3 is 10.5 Å². The molecule has 0 spiro atoms. The van der Waals surface area contributed by atoms with E-state index < -0.39 is 5.97 Å². The number of aromatic nitrogens is 3. The molecule has 0 fully saturated rings. The number of carbonyl (C=O) groups is 1. The van der Waals surface area contributed by atoms with Crippen LogP contribution in [-0.4, -0.2) is 26.7 Å². The normalized spacial score (nSPS) is 10.5. The standard InChI is InChI=1S/C5H5ClN4O2S/c6-3-8-4(7)10-5(9-3)12-2(11)1-13/h13H,1H2,(H2,7,8,9,10)/i/hD. The van der Waals surface area contributed by atoms with E-state index in [1.165, 1.54) is 0 Å². The Morgan fingerprint density at radius 2 is 2.46 bits per heavy atom. The van der Waals surface area contributed by atoms with Crippen molar-refractivity contribution in [1.82, 2.24) is 15.0 Å². The minimum Gasteiger partial charge on any atom is -0.390 e. The summed E-state index contributed by atoms with van der Waals surface area (Å²) in [6, 6.07) is -0.265. The molecule has 0 aliphatic carbocycles. The molecule has 0 saturated heterocycles. The fraction of sp³-hybridized carbons (Fsp3) is 0.200. The predicted molar refractivity (Wildman–Crippen MR) is 48.7 cm³/mol. The average Bonchev–Trinajstić information content (AvgIpc) is 2.16. The second-order valence-corrected chi connectivity index (χ2v) is 2.50. The maximum absolute atomic E-state index is 10.8. The van der Waals surface area contributed by atoms with Crippen LogP contribution in [0.15, 0.2) is 0 Å². The monoisotopic (exact) mass is 221 g/mol. The summed E-state index contributed by atoms with van der Waals surface area (Å²) in [5.74, 6) is -0.828. The van der Waals surface area contributed by atoms with Crippen LogP contribution >= 0.6 is 24.2 Å². The van der Waals surface area contributed by atoms with Gasteiger partial charge in [-0.05, 0) is 11.6 Å². The van der Waals surface area contributed by atoms with Crippen molar-refractivity contribution in [2.45, 2.75) is 0 Å². The molecule has 0 aliphatic heterocycles. The van der Waals surface area contributed by atoms with Crippen LogP contribution in [0.25, 0.3) is 0 Å². The Bertz CT molecular complexity index is 353. The number of hydrogen-bond acceptors (Lipinski definition) is 7. The molecule has 0 atom stereocenters. The number of nitrogens with zero attached hydrogens (tertiary/aromatic N) is 3. The van der Waals surface area contributed by atoms with Gasteiger partial charge in [0.1, 0.15) is 0 Å². The van der Waals surface area contributed by atoms with E-state index in [0.717, 1.165) is 0 Å². The van der Waals surface area contributed by atoms with Gasteiger partial charge in [-0.25, -0.2) is 0 Å². The first-order valence-electron chi connectivity index (χ1n) is 3.56. The van der Waals surface area contributed by atoms with Gasteiger partial charge in [-0.3, -0.25) is 4.79 Å². The van der Waals surface area contributed by atoms with E-state index in [4.69, 9.17) is 13.0 Å². The van der Waals surface area contributed by atoms with Crippen molar-refractivity contribution in [2.75, 3.05) is 11.5 Å².